The van der Waals surface area contributed by atoms with E-state index < -0.39 is 0 Å². The van der Waals surface area contributed by atoms with Crippen LogP contribution in [0.1, 0.15) is 23.2 Å². The minimum atomic E-state index is 0.0573. The number of nitrogens with zero attached hydrogens (tertiary/aromatic N) is 2. The van der Waals surface area contributed by atoms with Crippen LogP contribution in [0.2, 0.25) is 0 Å². The summed E-state index contributed by atoms with van der Waals surface area (Å²) in [5.74, 6) is 0.511. The van der Waals surface area contributed by atoms with Crippen LogP contribution in [0, 0.1) is 5.92 Å². The van der Waals surface area contributed by atoms with E-state index in [2.05, 4.69) is 10.2 Å². The van der Waals surface area contributed by atoms with E-state index in [1.807, 2.05) is 4.90 Å². The van der Waals surface area contributed by atoms with Gasteiger partial charge in [0.25, 0.3) is 5.91 Å². The Hall–Kier alpha value is -1.36. The molecule has 0 aliphatic carbocycles. The second-order valence-corrected chi connectivity index (χ2v) is 3.98. The third-order valence-electron chi connectivity index (χ3n) is 2.88. The lowest BCUT2D eigenvalue weighted by Crippen LogP contribution is -2.41. The van der Waals surface area contributed by atoms with Gasteiger partial charge in [0.05, 0.1) is 11.8 Å². The third-order valence-corrected chi connectivity index (χ3v) is 2.88. The molecule has 1 aromatic heterocycles. The number of amides is 1. The van der Waals surface area contributed by atoms with Gasteiger partial charge in [-0.25, -0.2) is 0 Å². The molecule has 5 nitrogen and oxygen atoms in total. The van der Waals surface area contributed by atoms with Crippen molar-refractivity contribution in [3.63, 3.8) is 0 Å². The van der Waals surface area contributed by atoms with E-state index in [4.69, 9.17) is 5.73 Å². The summed E-state index contributed by atoms with van der Waals surface area (Å²) in [6.07, 6.45) is 5.37. The van der Waals surface area contributed by atoms with Crippen LogP contribution in [0.5, 0.6) is 0 Å². The number of rotatable bonds is 2. The molecule has 1 amide bonds. The topological polar surface area (TPSA) is 75.0 Å². The van der Waals surface area contributed by atoms with E-state index in [9.17, 15) is 4.79 Å². The number of likely N-dealkylation sites (tertiary alicyclic amines) is 1. The predicted molar refractivity (Wildman–Crippen MR) is 56.3 cm³/mol. The molecule has 3 N–H and O–H groups in total. The van der Waals surface area contributed by atoms with Crippen LogP contribution in [-0.2, 0) is 0 Å². The van der Waals surface area contributed by atoms with Gasteiger partial charge < -0.3 is 10.6 Å². The Morgan fingerprint density at radius 3 is 3.27 bits per heavy atom. The Morgan fingerprint density at radius 1 is 1.73 bits per heavy atom. The molecule has 5 heteroatoms. The number of nitrogens with one attached hydrogen (secondary N) is 1. The van der Waals surface area contributed by atoms with Gasteiger partial charge in [-0.1, -0.05) is 0 Å². The lowest BCUT2D eigenvalue weighted by Gasteiger charge is -2.31. The second-order valence-electron chi connectivity index (χ2n) is 3.98. The smallest absolute Gasteiger partial charge is 0.257 e. The van der Waals surface area contributed by atoms with Crippen LogP contribution < -0.4 is 5.73 Å². The van der Waals surface area contributed by atoms with E-state index in [1.165, 1.54) is 0 Å². The molecule has 1 aromatic rings. The maximum atomic E-state index is 11.9. The zero-order valence-corrected chi connectivity index (χ0v) is 8.65. The molecular weight excluding hydrogens is 192 g/mol. The van der Waals surface area contributed by atoms with Gasteiger partial charge >= 0.3 is 0 Å². The predicted octanol–water partition coefficient (Wildman–Crippen LogP) is 0.221. The third kappa shape index (κ3) is 2.18. The zero-order valence-electron chi connectivity index (χ0n) is 8.65. The normalized spacial score (nSPS) is 21.7. The summed E-state index contributed by atoms with van der Waals surface area (Å²) in [7, 11) is 0. The maximum absolute atomic E-state index is 11.9. The molecule has 1 saturated heterocycles. The fourth-order valence-corrected chi connectivity index (χ4v) is 1.99. The Labute approximate surface area is 88.6 Å². The molecule has 15 heavy (non-hydrogen) atoms. The molecule has 0 unspecified atom stereocenters. The number of H-pyrrole nitrogens is 1. The lowest BCUT2D eigenvalue weighted by atomic mass is 9.98. The Balaban J connectivity index is 2.01. The maximum Gasteiger partial charge on any atom is 0.257 e. The fraction of sp³-hybridized carbons (Fsp3) is 0.600. The first-order chi connectivity index (χ1) is 7.31. The molecule has 0 aromatic carbocycles. The molecular formula is C10H16N4O. The van der Waals surface area contributed by atoms with Crippen molar-refractivity contribution in [2.24, 2.45) is 11.7 Å². The average molecular weight is 208 g/mol. The molecule has 0 saturated carbocycles. The van der Waals surface area contributed by atoms with Gasteiger partial charge in [-0.05, 0) is 25.3 Å². The van der Waals surface area contributed by atoms with Crippen molar-refractivity contribution in [2.45, 2.75) is 12.8 Å². The zero-order chi connectivity index (χ0) is 10.7. The van der Waals surface area contributed by atoms with Crippen LogP contribution in [-0.4, -0.2) is 40.6 Å². The molecule has 2 rings (SSSR count). The van der Waals surface area contributed by atoms with E-state index in [0.717, 1.165) is 25.9 Å². The minimum absolute atomic E-state index is 0.0573. The van der Waals surface area contributed by atoms with Gasteiger partial charge in [0.2, 0.25) is 0 Å². The van der Waals surface area contributed by atoms with Gasteiger partial charge in [-0.2, -0.15) is 5.10 Å². The van der Waals surface area contributed by atoms with Crippen molar-refractivity contribution in [1.82, 2.24) is 15.1 Å². The fourth-order valence-electron chi connectivity index (χ4n) is 1.99. The molecule has 82 valence electrons. The van der Waals surface area contributed by atoms with Crippen LogP contribution in [0.4, 0.5) is 0 Å². The van der Waals surface area contributed by atoms with Crippen molar-refractivity contribution in [3.8, 4) is 0 Å². The number of aromatic nitrogens is 2. The highest BCUT2D eigenvalue weighted by Crippen LogP contribution is 2.17. The van der Waals surface area contributed by atoms with Crippen molar-refractivity contribution < 1.29 is 4.79 Å². The van der Waals surface area contributed by atoms with Crippen LogP contribution >= 0.6 is 0 Å². The molecule has 0 spiro atoms. The monoisotopic (exact) mass is 208 g/mol. The standard InChI is InChI=1S/C10H16N4O/c11-4-8-2-1-3-14(7-8)10(15)9-5-12-13-6-9/h5-6,8H,1-4,7,11H2,(H,12,13)/t8-/m0/s1. The number of piperidine rings is 1. The van der Waals surface area contributed by atoms with Crippen LogP contribution in [0.3, 0.4) is 0 Å². The molecule has 2 heterocycles. The highest BCUT2D eigenvalue weighted by molar-refractivity contribution is 5.93. The summed E-state index contributed by atoms with van der Waals surface area (Å²) in [6.45, 7) is 2.27. The Bertz CT molecular complexity index is 322. The molecule has 0 bridgehead atoms. The molecule has 1 aliphatic rings. The van der Waals surface area contributed by atoms with E-state index >= 15 is 0 Å². The highest BCUT2D eigenvalue weighted by Gasteiger charge is 2.23. The number of hydrogen-bond acceptors (Lipinski definition) is 3. The summed E-state index contributed by atoms with van der Waals surface area (Å²) >= 11 is 0. The average Bonchev–Trinajstić information content (AvgIpc) is 2.81. The van der Waals surface area contributed by atoms with Gasteiger partial charge in [0.15, 0.2) is 0 Å². The first-order valence-corrected chi connectivity index (χ1v) is 5.29. The first-order valence-electron chi connectivity index (χ1n) is 5.29. The Morgan fingerprint density at radius 2 is 2.60 bits per heavy atom. The summed E-state index contributed by atoms with van der Waals surface area (Å²) < 4.78 is 0. The number of aromatic amines is 1. The largest absolute Gasteiger partial charge is 0.338 e. The summed E-state index contributed by atoms with van der Waals surface area (Å²) in [4.78, 5) is 13.8. The van der Waals surface area contributed by atoms with Gasteiger partial charge in [0, 0.05) is 19.3 Å². The number of carbonyl (C=O) groups excluding carboxylic acids is 1. The molecule has 1 aliphatic heterocycles. The van der Waals surface area contributed by atoms with Gasteiger partial charge in [-0.15, -0.1) is 0 Å². The number of carbonyl (C=O) groups is 1. The van der Waals surface area contributed by atoms with Crippen LogP contribution in [0.15, 0.2) is 12.4 Å². The summed E-state index contributed by atoms with van der Waals surface area (Å²) in [5.41, 5.74) is 6.26. The second kappa shape index (κ2) is 4.44. The van der Waals surface area contributed by atoms with E-state index in [-0.39, 0.29) is 5.91 Å². The highest BCUT2D eigenvalue weighted by atomic mass is 16.2. The summed E-state index contributed by atoms with van der Waals surface area (Å²) in [6, 6.07) is 0. The molecule has 0 radical (unpaired) electrons. The van der Waals surface area contributed by atoms with E-state index in [1.54, 1.807) is 12.4 Å². The Kier molecular flexibility index (Phi) is 3.01. The number of hydrogen-bond donors (Lipinski definition) is 2. The quantitative estimate of drug-likeness (QED) is 0.730. The van der Waals surface area contributed by atoms with Crippen molar-refractivity contribution in [3.05, 3.63) is 18.0 Å². The van der Waals surface area contributed by atoms with Gasteiger partial charge in [-0.3, -0.25) is 9.89 Å². The van der Waals surface area contributed by atoms with Crippen molar-refractivity contribution in [2.75, 3.05) is 19.6 Å². The summed E-state index contributed by atoms with van der Waals surface area (Å²) in [5, 5.41) is 6.43. The minimum Gasteiger partial charge on any atom is -0.338 e. The van der Waals surface area contributed by atoms with Gasteiger partial charge in [0.1, 0.15) is 0 Å². The lowest BCUT2D eigenvalue weighted by molar-refractivity contribution is 0.0678. The van der Waals surface area contributed by atoms with E-state index in [0.29, 0.717) is 18.0 Å². The first kappa shape index (κ1) is 10.2. The van der Waals surface area contributed by atoms with Crippen molar-refractivity contribution >= 4 is 5.91 Å². The number of nitrogens with two attached hydrogens (primary N) is 1. The molecule has 1 atom stereocenters. The van der Waals surface area contributed by atoms with Crippen LogP contribution in [0.25, 0.3) is 0 Å². The van der Waals surface area contributed by atoms with Crippen molar-refractivity contribution in [1.29, 1.82) is 0 Å². The molecule has 1 fully saturated rings. The SMILES string of the molecule is NC[C@@H]1CCCN(C(=O)c2cn[nH]c2)C1.